The van der Waals surface area contributed by atoms with Crippen molar-refractivity contribution in [3.8, 4) is 11.5 Å². The van der Waals surface area contributed by atoms with E-state index in [1.165, 1.54) is 0 Å². The molecule has 2 atom stereocenters. The van der Waals surface area contributed by atoms with Crippen molar-refractivity contribution in [2.45, 2.75) is 5.92 Å². The molecule has 0 unspecified atom stereocenters. The molecule has 26 heavy (non-hydrogen) atoms. The van der Waals surface area contributed by atoms with Gasteiger partial charge in [0.25, 0.3) is 0 Å². The first-order chi connectivity index (χ1) is 12.6. The molecule has 1 aromatic rings. The average Bonchev–Trinajstić information content (AvgIpc) is 3.09. The highest BCUT2D eigenvalue weighted by Crippen LogP contribution is 2.52. The molecule has 0 spiro atoms. The van der Waals surface area contributed by atoms with Gasteiger partial charge in [-0.2, -0.15) is 0 Å². The SMILES string of the molecule is COc1cccc2c1OC[C@]1(C(=O)O)CN(C(=O)N3CCOCC3)C[C@H]21. The molecule has 0 saturated carbocycles. The lowest BCUT2D eigenvalue weighted by Crippen LogP contribution is -2.49. The van der Waals surface area contributed by atoms with Crippen LogP contribution in [0, 0.1) is 5.41 Å². The topological polar surface area (TPSA) is 88.5 Å². The summed E-state index contributed by atoms with van der Waals surface area (Å²) in [4.78, 5) is 28.4. The number of morpholine rings is 1. The van der Waals surface area contributed by atoms with Gasteiger partial charge in [-0.15, -0.1) is 0 Å². The van der Waals surface area contributed by atoms with Crippen molar-refractivity contribution < 1.29 is 28.9 Å². The molecular weight excluding hydrogens is 340 g/mol. The van der Waals surface area contributed by atoms with Gasteiger partial charge in [-0.3, -0.25) is 4.79 Å². The largest absolute Gasteiger partial charge is 0.493 e. The van der Waals surface area contributed by atoms with E-state index in [4.69, 9.17) is 14.2 Å². The highest BCUT2D eigenvalue weighted by Gasteiger charge is 2.58. The molecule has 0 aromatic heterocycles. The zero-order chi connectivity index (χ0) is 18.3. The number of rotatable bonds is 2. The van der Waals surface area contributed by atoms with E-state index in [9.17, 15) is 14.7 Å². The first kappa shape index (κ1) is 17.0. The Labute approximate surface area is 151 Å². The maximum atomic E-state index is 12.9. The molecule has 2 amide bonds. The van der Waals surface area contributed by atoms with Crippen molar-refractivity contribution in [1.29, 1.82) is 0 Å². The van der Waals surface area contributed by atoms with Crippen LogP contribution in [0.15, 0.2) is 18.2 Å². The number of nitrogens with zero attached hydrogens (tertiary/aromatic N) is 2. The van der Waals surface area contributed by atoms with Gasteiger partial charge in [-0.1, -0.05) is 12.1 Å². The first-order valence-electron chi connectivity index (χ1n) is 8.71. The van der Waals surface area contributed by atoms with Crippen LogP contribution in [0.4, 0.5) is 4.79 Å². The minimum absolute atomic E-state index is 0.0211. The Morgan fingerprint density at radius 3 is 2.73 bits per heavy atom. The van der Waals surface area contributed by atoms with Crippen LogP contribution in [0.2, 0.25) is 0 Å². The Kier molecular flexibility index (Phi) is 4.14. The second-order valence-electron chi connectivity index (χ2n) is 6.94. The summed E-state index contributed by atoms with van der Waals surface area (Å²) in [6.07, 6.45) is 0. The highest BCUT2D eigenvalue weighted by molar-refractivity contribution is 5.82. The zero-order valence-corrected chi connectivity index (χ0v) is 14.6. The predicted molar refractivity (Wildman–Crippen MR) is 90.7 cm³/mol. The number of benzene rings is 1. The molecule has 3 heterocycles. The molecule has 0 aliphatic carbocycles. The number of hydrogen-bond acceptors (Lipinski definition) is 5. The molecular formula is C18H22N2O6. The number of carbonyl (C=O) groups is 2. The van der Waals surface area contributed by atoms with E-state index >= 15 is 0 Å². The molecule has 3 aliphatic heterocycles. The molecule has 0 bridgehead atoms. The number of likely N-dealkylation sites (tertiary alicyclic amines) is 1. The van der Waals surface area contributed by atoms with E-state index in [0.29, 0.717) is 44.3 Å². The summed E-state index contributed by atoms with van der Waals surface area (Å²) in [5, 5.41) is 9.98. The van der Waals surface area contributed by atoms with Crippen LogP contribution in [0.3, 0.4) is 0 Å². The van der Waals surface area contributed by atoms with Gasteiger partial charge in [0, 0.05) is 37.7 Å². The Bertz CT molecular complexity index is 732. The van der Waals surface area contributed by atoms with Gasteiger partial charge in [0.2, 0.25) is 0 Å². The van der Waals surface area contributed by atoms with E-state index in [-0.39, 0.29) is 25.1 Å². The molecule has 0 radical (unpaired) electrons. The number of fused-ring (bicyclic) bond motifs is 3. The molecule has 140 valence electrons. The standard InChI is InChI=1S/C18H22N2O6/c1-24-14-4-2-3-12-13-9-20(17(23)19-5-7-25-8-6-19)10-18(13,16(21)22)11-26-15(12)14/h2-4,13H,5-11H2,1H3,(H,21,22)/t13-,18-/m1/s1. The number of carboxylic acid groups (broad SMARTS) is 1. The monoisotopic (exact) mass is 362 g/mol. The number of methoxy groups -OCH3 is 1. The minimum atomic E-state index is -1.14. The van der Waals surface area contributed by atoms with Crippen molar-refractivity contribution in [3.63, 3.8) is 0 Å². The maximum Gasteiger partial charge on any atom is 0.320 e. The fraction of sp³-hybridized carbons (Fsp3) is 0.556. The Morgan fingerprint density at radius 1 is 1.27 bits per heavy atom. The Hall–Kier alpha value is -2.48. The van der Waals surface area contributed by atoms with Crippen LogP contribution in [-0.2, 0) is 9.53 Å². The number of urea groups is 1. The molecule has 1 N–H and O–H groups in total. The van der Waals surface area contributed by atoms with Crippen molar-refractivity contribution in [1.82, 2.24) is 9.80 Å². The number of para-hydroxylation sites is 1. The van der Waals surface area contributed by atoms with Crippen molar-refractivity contribution in [3.05, 3.63) is 23.8 Å². The predicted octanol–water partition coefficient (Wildman–Crippen LogP) is 1.01. The fourth-order valence-corrected chi connectivity index (χ4v) is 4.15. The van der Waals surface area contributed by atoms with Crippen LogP contribution >= 0.6 is 0 Å². The van der Waals surface area contributed by atoms with Crippen molar-refractivity contribution >= 4 is 12.0 Å². The van der Waals surface area contributed by atoms with E-state index < -0.39 is 11.4 Å². The van der Waals surface area contributed by atoms with Crippen LogP contribution in [0.5, 0.6) is 11.5 Å². The summed E-state index contributed by atoms with van der Waals surface area (Å²) < 4.78 is 16.5. The van der Waals surface area contributed by atoms with Crippen LogP contribution < -0.4 is 9.47 Å². The summed E-state index contributed by atoms with van der Waals surface area (Å²) in [5.41, 5.74) is -0.350. The van der Waals surface area contributed by atoms with Crippen LogP contribution in [0.1, 0.15) is 11.5 Å². The van der Waals surface area contributed by atoms with Gasteiger partial charge < -0.3 is 29.1 Å². The van der Waals surface area contributed by atoms with Gasteiger partial charge in [0.15, 0.2) is 11.5 Å². The summed E-state index contributed by atoms with van der Waals surface area (Å²) in [6.45, 7) is 2.59. The molecule has 2 fully saturated rings. The number of aliphatic carboxylic acids is 1. The third-order valence-corrected chi connectivity index (χ3v) is 5.60. The second kappa shape index (κ2) is 6.35. The van der Waals surface area contributed by atoms with E-state index in [1.54, 1.807) is 23.0 Å². The normalized spacial score (nSPS) is 27.3. The van der Waals surface area contributed by atoms with Gasteiger partial charge in [-0.05, 0) is 6.07 Å². The van der Waals surface area contributed by atoms with Crippen molar-refractivity contribution in [2.24, 2.45) is 5.41 Å². The van der Waals surface area contributed by atoms with Crippen LogP contribution in [-0.4, -0.2) is 80.0 Å². The minimum Gasteiger partial charge on any atom is -0.493 e. The lowest BCUT2D eigenvalue weighted by atomic mass is 9.73. The fourth-order valence-electron chi connectivity index (χ4n) is 4.15. The number of ether oxygens (including phenoxy) is 3. The maximum absolute atomic E-state index is 12.9. The molecule has 8 heteroatoms. The van der Waals surface area contributed by atoms with Gasteiger partial charge in [0.05, 0.1) is 20.3 Å². The van der Waals surface area contributed by atoms with Gasteiger partial charge in [-0.25, -0.2) is 4.79 Å². The first-order valence-corrected chi connectivity index (χ1v) is 8.71. The highest BCUT2D eigenvalue weighted by atomic mass is 16.5. The number of carbonyl (C=O) groups excluding carboxylic acids is 1. The van der Waals surface area contributed by atoms with Gasteiger partial charge in [0.1, 0.15) is 12.0 Å². The van der Waals surface area contributed by atoms with E-state index in [0.717, 1.165) is 5.56 Å². The second-order valence-corrected chi connectivity index (χ2v) is 6.94. The lowest BCUT2D eigenvalue weighted by Gasteiger charge is -2.36. The van der Waals surface area contributed by atoms with E-state index in [1.807, 2.05) is 12.1 Å². The Balaban J connectivity index is 1.67. The third kappa shape index (κ3) is 2.47. The van der Waals surface area contributed by atoms with Crippen molar-refractivity contribution in [2.75, 3.05) is 53.1 Å². The number of carboxylic acids is 1. The molecule has 2 saturated heterocycles. The summed E-state index contributed by atoms with van der Waals surface area (Å²) in [6, 6.07) is 5.35. The smallest absolute Gasteiger partial charge is 0.320 e. The zero-order valence-electron chi connectivity index (χ0n) is 14.6. The third-order valence-electron chi connectivity index (χ3n) is 5.60. The lowest BCUT2D eigenvalue weighted by molar-refractivity contribution is -0.151. The summed E-state index contributed by atoms with van der Waals surface area (Å²) >= 11 is 0. The quantitative estimate of drug-likeness (QED) is 0.845. The number of amides is 2. The Morgan fingerprint density at radius 2 is 2.04 bits per heavy atom. The van der Waals surface area contributed by atoms with Gasteiger partial charge >= 0.3 is 12.0 Å². The molecule has 1 aromatic carbocycles. The number of hydrogen-bond donors (Lipinski definition) is 1. The molecule has 8 nitrogen and oxygen atoms in total. The average molecular weight is 362 g/mol. The summed E-state index contributed by atoms with van der Waals surface area (Å²) in [5.74, 6) is -0.103. The van der Waals surface area contributed by atoms with E-state index in [2.05, 4.69) is 0 Å². The molecule has 3 aliphatic rings. The van der Waals surface area contributed by atoms with Crippen LogP contribution in [0.25, 0.3) is 0 Å². The molecule has 4 rings (SSSR count). The summed E-state index contributed by atoms with van der Waals surface area (Å²) in [7, 11) is 1.56.